The lowest BCUT2D eigenvalue weighted by Gasteiger charge is -2.20. The number of benzene rings is 1. The highest BCUT2D eigenvalue weighted by Crippen LogP contribution is 2.27. The van der Waals surface area contributed by atoms with Crippen LogP contribution in [0.5, 0.6) is 0 Å². The number of rotatable bonds is 5. The standard InChI is InChI=1S/C17H21NO2/c19-14(11-10-13-6-2-1-3-7-13)12-17-18-15-8-4-5-9-16(15)20-17/h4-5,8-9,13H,1-3,6-7,10-12H2. The van der Waals surface area contributed by atoms with Crippen molar-refractivity contribution in [2.75, 3.05) is 0 Å². The quantitative estimate of drug-likeness (QED) is 0.814. The van der Waals surface area contributed by atoms with E-state index in [-0.39, 0.29) is 5.78 Å². The van der Waals surface area contributed by atoms with E-state index < -0.39 is 0 Å². The highest BCUT2D eigenvalue weighted by atomic mass is 16.3. The fraction of sp³-hybridized carbons (Fsp3) is 0.529. The number of ketones is 1. The number of nitrogens with zero attached hydrogens (tertiary/aromatic N) is 1. The minimum atomic E-state index is 0.252. The van der Waals surface area contributed by atoms with Crippen LogP contribution in [0.15, 0.2) is 28.7 Å². The molecule has 3 rings (SSSR count). The summed E-state index contributed by atoms with van der Waals surface area (Å²) in [5, 5.41) is 0. The zero-order valence-electron chi connectivity index (χ0n) is 11.8. The Morgan fingerprint density at radius 3 is 2.80 bits per heavy atom. The van der Waals surface area contributed by atoms with Crippen molar-refractivity contribution in [2.45, 2.75) is 51.4 Å². The fourth-order valence-electron chi connectivity index (χ4n) is 3.09. The van der Waals surface area contributed by atoms with Gasteiger partial charge in [-0.25, -0.2) is 4.98 Å². The summed E-state index contributed by atoms with van der Waals surface area (Å²) in [6, 6.07) is 7.65. The molecule has 3 nitrogen and oxygen atoms in total. The van der Waals surface area contributed by atoms with Gasteiger partial charge in [0, 0.05) is 6.42 Å². The Morgan fingerprint density at radius 1 is 1.20 bits per heavy atom. The molecule has 1 aromatic heterocycles. The van der Waals surface area contributed by atoms with E-state index in [0.29, 0.717) is 18.7 Å². The number of Topliss-reactive ketones (excluding diaryl/α,β-unsaturated/α-hetero) is 1. The van der Waals surface area contributed by atoms with Crippen LogP contribution in [0.25, 0.3) is 11.1 Å². The Hall–Kier alpha value is -1.64. The van der Waals surface area contributed by atoms with Gasteiger partial charge in [-0.15, -0.1) is 0 Å². The van der Waals surface area contributed by atoms with E-state index >= 15 is 0 Å². The Bertz CT molecular complexity index is 548. The molecule has 0 N–H and O–H groups in total. The lowest BCUT2D eigenvalue weighted by atomic mass is 9.85. The van der Waals surface area contributed by atoms with Crippen LogP contribution in [0.3, 0.4) is 0 Å². The molecule has 1 aromatic carbocycles. The molecule has 0 aliphatic heterocycles. The first kappa shape index (κ1) is 13.3. The van der Waals surface area contributed by atoms with E-state index in [1.165, 1.54) is 32.1 Å². The van der Waals surface area contributed by atoms with Crippen LogP contribution in [-0.2, 0) is 11.2 Å². The van der Waals surface area contributed by atoms with Gasteiger partial charge in [-0.1, -0.05) is 44.2 Å². The minimum absolute atomic E-state index is 0.252. The third-order valence-corrected chi connectivity index (χ3v) is 4.24. The van der Waals surface area contributed by atoms with Crippen LogP contribution in [0.2, 0.25) is 0 Å². The van der Waals surface area contributed by atoms with E-state index in [2.05, 4.69) is 4.98 Å². The second kappa shape index (κ2) is 6.21. The third kappa shape index (κ3) is 3.27. The molecule has 0 saturated heterocycles. The molecule has 0 bridgehead atoms. The zero-order chi connectivity index (χ0) is 13.8. The minimum Gasteiger partial charge on any atom is -0.440 e. The Balaban J connectivity index is 1.52. The predicted octanol–water partition coefficient (Wildman–Crippen LogP) is 4.30. The summed E-state index contributed by atoms with van der Waals surface area (Å²) in [5.74, 6) is 1.57. The molecule has 0 spiro atoms. The molecule has 106 valence electrons. The third-order valence-electron chi connectivity index (χ3n) is 4.24. The first-order chi connectivity index (χ1) is 9.81. The molecule has 1 aliphatic rings. The van der Waals surface area contributed by atoms with Crippen molar-refractivity contribution >= 4 is 16.9 Å². The maximum Gasteiger partial charge on any atom is 0.202 e. The lowest BCUT2D eigenvalue weighted by molar-refractivity contribution is -0.119. The summed E-state index contributed by atoms with van der Waals surface area (Å²) < 4.78 is 5.60. The van der Waals surface area contributed by atoms with Gasteiger partial charge in [-0.05, 0) is 24.5 Å². The zero-order valence-corrected chi connectivity index (χ0v) is 11.8. The van der Waals surface area contributed by atoms with Crippen molar-refractivity contribution in [3.63, 3.8) is 0 Å². The molecule has 1 saturated carbocycles. The van der Waals surface area contributed by atoms with Gasteiger partial charge in [0.1, 0.15) is 11.3 Å². The average Bonchev–Trinajstić information content (AvgIpc) is 2.88. The summed E-state index contributed by atoms with van der Waals surface area (Å²) in [7, 11) is 0. The van der Waals surface area contributed by atoms with Crippen molar-refractivity contribution in [2.24, 2.45) is 5.92 Å². The van der Waals surface area contributed by atoms with Crippen LogP contribution in [0.1, 0.15) is 50.8 Å². The molecule has 1 aliphatic carbocycles. The smallest absolute Gasteiger partial charge is 0.202 e. The molecule has 1 fully saturated rings. The number of carbonyl (C=O) groups is 1. The Morgan fingerprint density at radius 2 is 2.00 bits per heavy atom. The van der Waals surface area contributed by atoms with Crippen molar-refractivity contribution in [3.05, 3.63) is 30.2 Å². The van der Waals surface area contributed by atoms with Gasteiger partial charge in [-0.2, -0.15) is 0 Å². The molecule has 0 atom stereocenters. The van der Waals surface area contributed by atoms with Crippen LogP contribution in [-0.4, -0.2) is 10.8 Å². The largest absolute Gasteiger partial charge is 0.440 e. The summed E-state index contributed by atoms with van der Waals surface area (Å²) in [4.78, 5) is 16.4. The van der Waals surface area contributed by atoms with Crippen molar-refractivity contribution in [3.8, 4) is 0 Å². The molecular formula is C17H21NO2. The number of oxazole rings is 1. The van der Waals surface area contributed by atoms with E-state index in [1.807, 2.05) is 24.3 Å². The highest BCUT2D eigenvalue weighted by molar-refractivity contribution is 5.81. The second-order valence-corrected chi connectivity index (χ2v) is 5.83. The first-order valence-corrected chi connectivity index (χ1v) is 7.67. The van der Waals surface area contributed by atoms with Crippen LogP contribution < -0.4 is 0 Å². The van der Waals surface area contributed by atoms with E-state index in [0.717, 1.165) is 23.4 Å². The number of carbonyl (C=O) groups excluding carboxylic acids is 1. The molecule has 0 radical (unpaired) electrons. The summed E-state index contributed by atoms with van der Waals surface area (Å²) in [6.45, 7) is 0. The van der Waals surface area contributed by atoms with E-state index in [1.54, 1.807) is 0 Å². The van der Waals surface area contributed by atoms with Crippen molar-refractivity contribution in [1.82, 2.24) is 4.98 Å². The molecule has 2 aromatic rings. The van der Waals surface area contributed by atoms with Crippen LogP contribution in [0.4, 0.5) is 0 Å². The average molecular weight is 271 g/mol. The number of hydrogen-bond acceptors (Lipinski definition) is 3. The SMILES string of the molecule is O=C(CCC1CCCCC1)Cc1nc2ccccc2o1. The van der Waals surface area contributed by atoms with Crippen LogP contribution >= 0.6 is 0 Å². The maximum absolute atomic E-state index is 12.0. The van der Waals surface area contributed by atoms with Gasteiger partial charge in [-0.3, -0.25) is 4.79 Å². The van der Waals surface area contributed by atoms with Gasteiger partial charge in [0.25, 0.3) is 0 Å². The Kier molecular flexibility index (Phi) is 4.14. The van der Waals surface area contributed by atoms with Crippen molar-refractivity contribution < 1.29 is 9.21 Å². The summed E-state index contributed by atoms with van der Waals surface area (Å²) >= 11 is 0. The second-order valence-electron chi connectivity index (χ2n) is 5.83. The van der Waals surface area contributed by atoms with Crippen LogP contribution in [0, 0.1) is 5.92 Å². The van der Waals surface area contributed by atoms with Gasteiger partial charge in [0.2, 0.25) is 5.89 Å². The first-order valence-electron chi connectivity index (χ1n) is 7.67. The summed E-state index contributed by atoms with van der Waals surface area (Å²) in [5.41, 5.74) is 1.60. The maximum atomic E-state index is 12.0. The molecule has 0 amide bonds. The monoisotopic (exact) mass is 271 g/mol. The Labute approximate surface area is 119 Å². The van der Waals surface area contributed by atoms with Gasteiger partial charge >= 0.3 is 0 Å². The van der Waals surface area contributed by atoms with E-state index in [4.69, 9.17) is 4.42 Å². The normalized spacial score (nSPS) is 16.6. The number of hydrogen-bond donors (Lipinski definition) is 0. The van der Waals surface area contributed by atoms with Gasteiger partial charge in [0.05, 0.1) is 6.42 Å². The number of para-hydroxylation sites is 2. The van der Waals surface area contributed by atoms with E-state index in [9.17, 15) is 4.79 Å². The highest BCUT2D eigenvalue weighted by Gasteiger charge is 2.16. The molecule has 3 heteroatoms. The number of fused-ring (bicyclic) bond motifs is 1. The molecular weight excluding hydrogens is 250 g/mol. The summed E-state index contributed by atoms with van der Waals surface area (Å²) in [6.07, 6.45) is 8.69. The molecule has 1 heterocycles. The van der Waals surface area contributed by atoms with Gasteiger partial charge < -0.3 is 4.42 Å². The lowest BCUT2D eigenvalue weighted by Crippen LogP contribution is -2.10. The topological polar surface area (TPSA) is 43.1 Å². The fourth-order valence-corrected chi connectivity index (χ4v) is 3.09. The van der Waals surface area contributed by atoms with Crippen molar-refractivity contribution in [1.29, 1.82) is 0 Å². The van der Waals surface area contributed by atoms with Gasteiger partial charge in [0.15, 0.2) is 5.58 Å². The molecule has 0 unspecified atom stereocenters. The predicted molar refractivity (Wildman–Crippen MR) is 78.5 cm³/mol. The number of aromatic nitrogens is 1. The molecule has 20 heavy (non-hydrogen) atoms.